The van der Waals surface area contributed by atoms with Crippen LogP contribution in [0.1, 0.15) is 19.8 Å². The molecule has 146 valence electrons. The number of nitrogens with one attached hydrogen (secondary N) is 1. The fraction of sp³-hybridized carbons (Fsp3) is 0.444. The van der Waals surface area contributed by atoms with Crippen molar-refractivity contribution in [3.8, 4) is 5.75 Å². The number of ether oxygens (including phenoxy) is 1. The average Bonchev–Trinajstić information content (AvgIpc) is 3.12. The number of carbonyl (C=O) groups excluding carboxylic acids is 1. The summed E-state index contributed by atoms with van der Waals surface area (Å²) in [6, 6.07) is 6.96. The lowest BCUT2D eigenvalue weighted by Crippen LogP contribution is -2.38. The molecule has 1 amide bonds. The molecule has 0 spiro atoms. The number of hydrogen-bond acceptors (Lipinski definition) is 5. The molecule has 9 heteroatoms. The molecule has 1 aliphatic heterocycles. The molecule has 2 aromatic rings. The van der Waals surface area contributed by atoms with Crippen LogP contribution in [0.5, 0.6) is 5.75 Å². The normalized spacial score (nSPS) is 16.2. The van der Waals surface area contributed by atoms with E-state index in [0.29, 0.717) is 30.4 Å². The third-order valence-corrected chi connectivity index (χ3v) is 6.44. The maximum Gasteiger partial charge on any atom is 0.262 e. The van der Waals surface area contributed by atoms with E-state index in [1.807, 2.05) is 0 Å². The molecule has 1 aromatic carbocycles. The number of piperidine rings is 1. The first-order valence-corrected chi connectivity index (χ1v) is 10.3. The zero-order chi connectivity index (χ0) is 19.4. The molecule has 0 bridgehead atoms. The molecule has 0 aliphatic carbocycles. The lowest BCUT2D eigenvalue weighted by Gasteiger charge is -2.28. The Morgan fingerprint density at radius 2 is 1.93 bits per heavy atom. The second kappa shape index (κ2) is 8.10. The summed E-state index contributed by atoms with van der Waals surface area (Å²) < 4.78 is 33.4. The molecular weight excluding hydrogens is 368 g/mol. The standard InChI is InChI=1S/C18H24N4O4S/c1-14-7-9-22(10-8-14)27(24,25)18-12-21(13-19-18)11-17(23)20-15-3-5-16(26-2)6-4-15/h3-6,12-14H,7-11H2,1-2H3,(H,20,23). The molecule has 2 heterocycles. The highest BCUT2D eigenvalue weighted by Gasteiger charge is 2.29. The minimum atomic E-state index is -3.61. The van der Waals surface area contributed by atoms with Crippen molar-refractivity contribution in [3.05, 3.63) is 36.8 Å². The van der Waals surface area contributed by atoms with Gasteiger partial charge < -0.3 is 14.6 Å². The molecule has 8 nitrogen and oxygen atoms in total. The van der Waals surface area contributed by atoms with Gasteiger partial charge in [-0.05, 0) is 43.0 Å². The van der Waals surface area contributed by atoms with Crippen LogP contribution in [-0.2, 0) is 21.4 Å². The van der Waals surface area contributed by atoms with Crippen LogP contribution >= 0.6 is 0 Å². The molecule has 0 atom stereocenters. The van der Waals surface area contributed by atoms with Gasteiger partial charge in [0.05, 0.1) is 13.4 Å². The maximum absolute atomic E-state index is 12.7. The average molecular weight is 392 g/mol. The highest BCUT2D eigenvalue weighted by molar-refractivity contribution is 7.89. The van der Waals surface area contributed by atoms with E-state index in [9.17, 15) is 13.2 Å². The Morgan fingerprint density at radius 3 is 2.56 bits per heavy atom. The second-order valence-corrected chi connectivity index (χ2v) is 8.63. The minimum absolute atomic E-state index is 0.0192. The van der Waals surface area contributed by atoms with Crippen molar-refractivity contribution in [2.24, 2.45) is 5.92 Å². The van der Waals surface area contributed by atoms with Gasteiger partial charge in [-0.3, -0.25) is 4.79 Å². The zero-order valence-corrected chi connectivity index (χ0v) is 16.3. The number of carbonyl (C=O) groups is 1. The summed E-state index contributed by atoms with van der Waals surface area (Å²) >= 11 is 0. The molecule has 1 aliphatic rings. The van der Waals surface area contributed by atoms with Crippen LogP contribution in [0.3, 0.4) is 0 Å². The molecule has 1 saturated heterocycles. The van der Waals surface area contributed by atoms with Gasteiger partial charge in [0.25, 0.3) is 10.0 Å². The van der Waals surface area contributed by atoms with Crippen LogP contribution in [0.2, 0.25) is 0 Å². The van der Waals surface area contributed by atoms with Gasteiger partial charge in [-0.2, -0.15) is 4.31 Å². The summed E-state index contributed by atoms with van der Waals surface area (Å²) in [6.45, 7) is 3.12. The van der Waals surface area contributed by atoms with Gasteiger partial charge in [0.15, 0.2) is 5.03 Å². The number of rotatable bonds is 6. The third-order valence-electron chi connectivity index (χ3n) is 4.66. The number of methoxy groups -OCH3 is 1. The van der Waals surface area contributed by atoms with E-state index in [0.717, 1.165) is 12.8 Å². The van der Waals surface area contributed by atoms with E-state index in [2.05, 4.69) is 17.2 Å². The van der Waals surface area contributed by atoms with Gasteiger partial charge in [-0.1, -0.05) is 6.92 Å². The number of imidazole rings is 1. The van der Waals surface area contributed by atoms with E-state index >= 15 is 0 Å². The number of anilines is 1. The number of hydrogen-bond donors (Lipinski definition) is 1. The van der Waals surface area contributed by atoms with Crippen molar-refractivity contribution in [1.82, 2.24) is 13.9 Å². The Morgan fingerprint density at radius 1 is 1.26 bits per heavy atom. The fourth-order valence-electron chi connectivity index (χ4n) is 2.96. The van der Waals surface area contributed by atoms with Crippen molar-refractivity contribution in [3.63, 3.8) is 0 Å². The van der Waals surface area contributed by atoms with E-state index < -0.39 is 10.0 Å². The highest BCUT2D eigenvalue weighted by Crippen LogP contribution is 2.22. The SMILES string of the molecule is COc1ccc(NC(=O)Cn2cnc(S(=O)(=O)N3CCC(C)CC3)c2)cc1. The first kappa shape index (κ1) is 19.4. The molecular formula is C18H24N4O4S. The smallest absolute Gasteiger partial charge is 0.262 e. The topological polar surface area (TPSA) is 93.5 Å². The van der Waals surface area contributed by atoms with Crippen LogP contribution in [0, 0.1) is 5.92 Å². The van der Waals surface area contributed by atoms with Crippen LogP contribution in [0.4, 0.5) is 5.69 Å². The predicted molar refractivity (Wildman–Crippen MR) is 101 cm³/mol. The number of benzene rings is 1. The molecule has 3 rings (SSSR count). The van der Waals surface area contributed by atoms with Crippen molar-refractivity contribution < 1.29 is 17.9 Å². The van der Waals surface area contributed by atoms with Gasteiger partial charge in [0, 0.05) is 25.0 Å². The highest BCUT2D eigenvalue weighted by atomic mass is 32.2. The first-order valence-electron chi connectivity index (χ1n) is 8.84. The van der Waals surface area contributed by atoms with E-state index in [1.165, 1.54) is 21.4 Å². The Bertz CT molecular complexity index is 884. The number of amides is 1. The largest absolute Gasteiger partial charge is 0.497 e. The Balaban J connectivity index is 1.62. The lowest BCUT2D eigenvalue weighted by molar-refractivity contribution is -0.116. The van der Waals surface area contributed by atoms with Gasteiger partial charge in [0.2, 0.25) is 5.91 Å². The quantitative estimate of drug-likeness (QED) is 0.811. The molecule has 0 radical (unpaired) electrons. The molecule has 0 unspecified atom stereocenters. The van der Waals surface area contributed by atoms with Crippen molar-refractivity contribution in [2.75, 3.05) is 25.5 Å². The minimum Gasteiger partial charge on any atom is -0.497 e. The van der Waals surface area contributed by atoms with Gasteiger partial charge >= 0.3 is 0 Å². The Hall–Kier alpha value is -2.39. The maximum atomic E-state index is 12.7. The lowest BCUT2D eigenvalue weighted by atomic mass is 10.0. The van der Waals surface area contributed by atoms with E-state index in [-0.39, 0.29) is 17.5 Å². The van der Waals surface area contributed by atoms with Crippen LogP contribution in [0.25, 0.3) is 0 Å². The Kier molecular flexibility index (Phi) is 5.81. The van der Waals surface area contributed by atoms with Crippen LogP contribution in [0.15, 0.2) is 41.8 Å². The van der Waals surface area contributed by atoms with Gasteiger partial charge in [0.1, 0.15) is 12.3 Å². The van der Waals surface area contributed by atoms with Crippen molar-refractivity contribution >= 4 is 21.6 Å². The number of nitrogens with zero attached hydrogens (tertiary/aromatic N) is 3. The first-order chi connectivity index (χ1) is 12.9. The molecule has 1 N–H and O–H groups in total. The summed E-state index contributed by atoms with van der Waals surface area (Å²) in [5, 5.41) is 2.74. The summed E-state index contributed by atoms with van der Waals surface area (Å²) in [5.41, 5.74) is 0.635. The van der Waals surface area contributed by atoms with Crippen molar-refractivity contribution in [1.29, 1.82) is 0 Å². The predicted octanol–water partition coefficient (Wildman–Crippen LogP) is 1.95. The molecule has 1 fully saturated rings. The van der Waals surface area contributed by atoms with E-state index in [4.69, 9.17) is 4.74 Å². The second-order valence-electron chi connectivity index (χ2n) is 6.75. The van der Waals surface area contributed by atoms with Gasteiger partial charge in [-0.15, -0.1) is 0 Å². The van der Waals surface area contributed by atoms with Crippen LogP contribution < -0.4 is 10.1 Å². The molecule has 27 heavy (non-hydrogen) atoms. The Labute approximate surface area is 159 Å². The fourth-order valence-corrected chi connectivity index (χ4v) is 4.36. The molecule has 0 saturated carbocycles. The van der Waals surface area contributed by atoms with E-state index in [1.54, 1.807) is 31.4 Å². The van der Waals surface area contributed by atoms with Crippen LogP contribution in [-0.4, -0.2) is 48.4 Å². The van der Waals surface area contributed by atoms with Gasteiger partial charge in [-0.25, -0.2) is 13.4 Å². The third kappa shape index (κ3) is 4.67. The monoisotopic (exact) mass is 392 g/mol. The zero-order valence-electron chi connectivity index (χ0n) is 15.5. The number of sulfonamides is 1. The number of aromatic nitrogens is 2. The summed E-state index contributed by atoms with van der Waals surface area (Å²) in [7, 11) is -2.04. The summed E-state index contributed by atoms with van der Waals surface area (Å²) in [6.07, 6.45) is 4.47. The summed E-state index contributed by atoms with van der Waals surface area (Å²) in [4.78, 5) is 16.2. The van der Waals surface area contributed by atoms with Crippen molar-refractivity contribution in [2.45, 2.75) is 31.3 Å². The molecule has 1 aromatic heterocycles. The summed E-state index contributed by atoms with van der Waals surface area (Å²) in [5.74, 6) is 0.966.